The molecule has 0 amide bonds. The molecule has 1 heterocycles. The fourth-order valence-corrected chi connectivity index (χ4v) is 2.15. The van der Waals surface area contributed by atoms with Gasteiger partial charge in [0.1, 0.15) is 0 Å². The molecule has 0 spiro atoms. The zero-order valence-electron chi connectivity index (χ0n) is 10.8. The zero-order valence-corrected chi connectivity index (χ0v) is 10.8. The van der Waals surface area contributed by atoms with E-state index in [0.717, 1.165) is 32.5 Å². The molecule has 1 rings (SSSR count). The molecule has 0 aromatic rings. The third-order valence-corrected chi connectivity index (χ3v) is 3.54. The first kappa shape index (κ1) is 14.4. The van der Waals surface area contributed by atoms with Crippen LogP contribution in [0.15, 0.2) is 0 Å². The van der Waals surface area contributed by atoms with Gasteiger partial charge in [-0.1, -0.05) is 6.92 Å². The van der Waals surface area contributed by atoms with Crippen molar-refractivity contribution in [3.8, 4) is 0 Å². The van der Waals surface area contributed by atoms with Gasteiger partial charge in [-0.25, -0.2) is 0 Å². The minimum absolute atomic E-state index is 0.188. The summed E-state index contributed by atoms with van der Waals surface area (Å²) in [5, 5.41) is 21.1. The van der Waals surface area contributed by atoms with Crippen LogP contribution in [0.5, 0.6) is 0 Å². The van der Waals surface area contributed by atoms with Crippen molar-refractivity contribution in [2.24, 2.45) is 5.41 Å². The topological polar surface area (TPSA) is 72.8 Å². The van der Waals surface area contributed by atoms with E-state index in [1.807, 2.05) is 0 Å². The second-order valence-electron chi connectivity index (χ2n) is 5.50. The Morgan fingerprint density at radius 3 is 2.59 bits per heavy atom. The van der Waals surface area contributed by atoms with Gasteiger partial charge in [0.2, 0.25) is 0 Å². The highest BCUT2D eigenvalue weighted by atomic mass is 16.4. The van der Waals surface area contributed by atoms with Gasteiger partial charge in [-0.2, -0.15) is 0 Å². The summed E-state index contributed by atoms with van der Waals surface area (Å²) in [6.07, 6.45) is 1.31. The molecule has 1 unspecified atom stereocenters. The van der Waals surface area contributed by atoms with Crippen LogP contribution in [0, 0.1) is 5.41 Å². The van der Waals surface area contributed by atoms with E-state index in [1.54, 1.807) is 0 Å². The summed E-state index contributed by atoms with van der Waals surface area (Å²) in [5.74, 6) is -0.954. The van der Waals surface area contributed by atoms with E-state index in [-0.39, 0.29) is 11.8 Å². The summed E-state index contributed by atoms with van der Waals surface area (Å²) >= 11 is 0. The molecule has 1 atom stereocenters. The molecule has 1 saturated heterocycles. The largest absolute Gasteiger partial charge is 0.481 e. The maximum Gasteiger partial charge on any atom is 0.306 e. The first-order valence-corrected chi connectivity index (χ1v) is 6.20. The second-order valence-corrected chi connectivity index (χ2v) is 5.50. The summed E-state index contributed by atoms with van der Waals surface area (Å²) in [5.41, 5.74) is 0.273. The maximum atomic E-state index is 10.4. The predicted octanol–water partition coefficient (Wildman–Crippen LogP) is 0.143. The molecule has 0 saturated carbocycles. The van der Waals surface area contributed by atoms with E-state index in [4.69, 9.17) is 5.11 Å². The molecular weight excluding hydrogens is 220 g/mol. The molecule has 1 aliphatic rings. The van der Waals surface area contributed by atoms with E-state index in [1.165, 1.54) is 0 Å². The summed E-state index contributed by atoms with van der Waals surface area (Å²) in [6, 6.07) is 0. The van der Waals surface area contributed by atoms with E-state index < -0.39 is 12.1 Å². The van der Waals surface area contributed by atoms with Crippen molar-refractivity contribution in [1.29, 1.82) is 0 Å². The molecule has 0 aromatic carbocycles. The summed E-state index contributed by atoms with van der Waals surface area (Å²) in [6.45, 7) is 5.66. The molecular formula is C12H24N2O3. The Morgan fingerprint density at radius 1 is 1.47 bits per heavy atom. The van der Waals surface area contributed by atoms with Crippen LogP contribution in [0.2, 0.25) is 0 Å². The standard InChI is InChI=1S/C12H24N2O3/c1-12(3-5-14(2)6-4-12)9-13-8-10(15)7-11(16)17/h10,13,15H,3-9H2,1-2H3,(H,16,17). The number of piperidine rings is 1. The molecule has 100 valence electrons. The zero-order chi connectivity index (χ0) is 12.9. The minimum atomic E-state index is -0.954. The molecule has 5 heteroatoms. The second kappa shape index (κ2) is 6.33. The quantitative estimate of drug-likeness (QED) is 0.620. The smallest absolute Gasteiger partial charge is 0.306 e. The van der Waals surface area contributed by atoms with E-state index in [0.29, 0.717) is 6.54 Å². The highest BCUT2D eigenvalue weighted by molar-refractivity contribution is 5.67. The van der Waals surface area contributed by atoms with Gasteiger partial charge in [-0.05, 0) is 38.4 Å². The highest BCUT2D eigenvalue weighted by Crippen LogP contribution is 2.29. The number of hydrogen-bond donors (Lipinski definition) is 3. The average molecular weight is 244 g/mol. The predicted molar refractivity (Wildman–Crippen MR) is 66.0 cm³/mol. The van der Waals surface area contributed by atoms with Gasteiger partial charge < -0.3 is 20.4 Å². The van der Waals surface area contributed by atoms with Crippen molar-refractivity contribution >= 4 is 5.97 Å². The van der Waals surface area contributed by atoms with E-state index >= 15 is 0 Å². The molecule has 1 aliphatic heterocycles. The number of hydrogen-bond acceptors (Lipinski definition) is 4. The van der Waals surface area contributed by atoms with Gasteiger partial charge in [0.25, 0.3) is 0 Å². The monoisotopic (exact) mass is 244 g/mol. The Hall–Kier alpha value is -0.650. The summed E-state index contributed by atoms with van der Waals surface area (Å²) in [7, 11) is 2.13. The fraction of sp³-hybridized carbons (Fsp3) is 0.917. The van der Waals surface area contributed by atoms with Crippen molar-refractivity contribution in [2.45, 2.75) is 32.3 Å². The molecule has 3 N–H and O–H groups in total. The SMILES string of the molecule is CN1CCC(C)(CNCC(O)CC(=O)O)CC1. The van der Waals surface area contributed by atoms with E-state index in [9.17, 15) is 9.90 Å². The van der Waals surface area contributed by atoms with Crippen molar-refractivity contribution < 1.29 is 15.0 Å². The molecule has 0 aliphatic carbocycles. The molecule has 1 fully saturated rings. The number of rotatable bonds is 6. The minimum Gasteiger partial charge on any atom is -0.481 e. The van der Waals surface area contributed by atoms with Crippen LogP contribution < -0.4 is 5.32 Å². The number of nitrogens with zero attached hydrogens (tertiary/aromatic N) is 1. The van der Waals surface area contributed by atoms with Crippen LogP contribution in [0.1, 0.15) is 26.2 Å². The van der Waals surface area contributed by atoms with Gasteiger partial charge in [0.15, 0.2) is 0 Å². The van der Waals surface area contributed by atoms with Crippen LogP contribution in [0.3, 0.4) is 0 Å². The Labute approximate surface area is 103 Å². The van der Waals surface area contributed by atoms with Crippen molar-refractivity contribution in [3.05, 3.63) is 0 Å². The first-order chi connectivity index (χ1) is 7.91. The molecule has 17 heavy (non-hydrogen) atoms. The number of nitrogens with one attached hydrogen (secondary N) is 1. The number of carboxylic acids is 1. The van der Waals surface area contributed by atoms with Crippen LogP contribution in [0.25, 0.3) is 0 Å². The third-order valence-electron chi connectivity index (χ3n) is 3.54. The van der Waals surface area contributed by atoms with Crippen molar-refractivity contribution in [3.63, 3.8) is 0 Å². The van der Waals surface area contributed by atoms with E-state index in [2.05, 4.69) is 24.2 Å². The fourth-order valence-electron chi connectivity index (χ4n) is 2.15. The van der Waals surface area contributed by atoms with Crippen LogP contribution >= 0.6 is 0 Å². The number of aliphatic hydroxyl groups excluding tert-OH is 1. The number of aliphatic carboxylic acids is 1. The average Bonchev–Trinajstić information content (AvgIpc) is 2.22. The number of likely N-dealkylation sites (tertiary alicyclic amines) is 1. The number of carbonyl (C=O) groups is 1. The molecule has 0 aromatic heterocycles. The van der Waals surface area contributed by atoms with Gasteiger partial charge in [0, 0.05) is 13.1 Å². The summed E-state index contributed by atoms with van der Waals surface area (Å²) < 4.78 is 0. The Balaban J connectivity index is 2.19. The summed E-state index contributed by atoms with van der Waals surface area (Å²) in [4.78, 5) is 12.7. The van der Waals surface area contributed by atoms with Gasteiger partial charge in [-0.3, -0.25) is 4.79 Å². The molecule has 0 radical (unpaired) electrons. The lowest BCUT2D eigenvalue weighted by Crippen LogP contribution is -2.43. The van der Waals surface area contributed by atoms with Crippen LogP contribution in [-0.4, -0.2) is 60.4 Å². The lowest BCUT2D eigenvalue weighted by molar-refractivity contribution is -0.139. The normalized spacial score (nSPS) is 22.3. The molecule has 0 bridgehead atoms. The van der Waals surface area contributed by atoms with Gasteiger partial charge in [-0.15, -0.1) is 0 Å². The van der Waals surface area contributed by atoms with Gasteiger partial charge >= 0.3 is 5.97 Å². The van der Waals surface area contributed by atoms with Crippen molar-refractivity contribution in [2.75, 3.05) is 33.2 Å². The van der Waals surface area contributed by atoms with Crippen molar-refractivity contribution in [1.82, 2.24) is 10.2 Å². The molecule has 5 nitrogen and oxygen atoms in total. The Kier molecular flexibility index (Phi) is 5.36. The van der Waals surface area contributed by atoms with Crippen LogP contribution in [0.4, 0.5) is 0 Å². The first-order valence-electron chi connectivity index (χ1n) is 6.20. The number of carboxylic acid groups (broad SMARTS) is 1. The lowest BCUT2D eigenvalue weighted by Gasteiger charge is -2.38. The van der Waals surface area contributed by atoms with Crippen LogP contribution in [-0.2, 0) is 4.79 Å². The lowest BCUT2D eigenvalue weighted by atomic mass is 9.80. The number of aliphatic hydroxyl groups is 1. The third kappa shape index (κ3) is 5.48. The Bertz CT molecular complexity index is 250. The highest BCUT2D eigenvalue weighted by Gasteiger charge is 2.28. The van der Waals surface area contributed by atoms with Gasteiger partial charge in [0.05, 0.1) is 12.5 Å². The maximum absolute atomic E-state index is 10.4. The Morgan fingerprint density at radius 2 is 2.06 bits per heavy atom.